The highest BCUT2D eigenvalue weighted by atomic mass is 16.5. The van der Waals surface area contributed by atoms with E-state index < -0.39 is 11.9 Å². The van der Waals surface area contributed by atoms with E-state index in [4.69, 9.17) is 19.6 Å². The molecule has 14 nitrogen and oxygen atoms in total. The lowest BCUT2D eigenvalue weighted by Gasteiger charge is -2.13. The minimum absolute atomic E-state index is 0.228. The van der Waals surface area contributed by atoms with E-state index in [1.807, 2.05) is 18.4 Å². The quantitative estimate of drug-likeness (QED) is 0.140. The number of primary amides is 1. The van der Waals surface area contributed by atoms with Crippen LogP contribution in [0.15, 0.2) is 53.1 Å². The topological polar surface area (TPSA) is 181 Å². The first-order chi connectivity index (χ1) is 21.2. The summed E-state index contributed by atoms with van der Waals surface area (Å²) in [6, 6.07) is 12.0. The Balaban J connectivity index is 1.37. The zero-order valence-corrected chi connectivity index (χ0v) is 24.7. The number of amides is 2. The molecule has 14 heteroatoms. The summed E-state index contributed by atoms with van der Waals surface area (Å²) < 4.78 is 19.7. The van der Waals surface area contributed by atoms with Gasteiger partial charge in [0.05, 0.1) is 37.2 Å². The van der Waals surface area contributed by atoms with Crippen molar-refractivity contribution >= 4 is 40.8 Å². The molecule has 5 aromatic rings. The second-order valence-corrected chi connectivity index (χ2v) is 9.79. The van der Waals surface area contributed by atoms with Crippen LogP contribution in [-0.4, -0.2) is 62.9 Å². The van der Waals surface area contributed by atoms with Crippen LogP contribution in [0, 0.1) is 6.92 Å². The number of methoxy groups -OCH3 is 2. The smallest absolute Gasteiger partial charge is 0.338 e. The molecule has 3 heterocycles. The van der Waals surface area contributed by atoms with Gasteiger partial charge in [0.2, 0.25) is 11.9 Å². The number of rotatable bonds is 12. The van der Waals surface area contributed by atoms with E-state index in [1.165, 1.54) is 20.4 Å². The lowest BCUT2D eigenvalue weighted by molar-refractivity contribution is 0.0601. The first-order valence-corrected chi connectivity index (χ1v) is 13.8. The molecule has 0 saturated heterocycles. The lowest BCUT2D eigenvalue weighted by Crippen LogP contribution is -2.20. The van der Waals surface area contributed by atoms with Crippen LogP contribution in [0.2, 0.25) is 0 Å². The molecule has 0 aliphatic rings. The average molecular weight is 601 g/mol. The fraction of sp³-hybridized carbons (Fsp3) is 0.267. The SMILES string of the molecule is CCn1nc(C)cc1C(=O)Nc1nc2cc(C(N)=O)cc(OC)c2n1CCCNc1ncc(-c2ccccc2C(=O)OC)o1. The first-order valence-electron chi connectivity index (χ1n) is 13.8. The number of carbonyl (C=O) groups excluding carboxylic acids is 3. The van der Waals surface area contributed by atoms with Crippen molar-refractivity contribution in [1.82, 2.24) is 24.3 Å². The third-order valence-electron chi connectivity index (χ3n) is 6.91. The number of esters is 1. The van der Waals surface area contributed by atoms with Crippen molar-refractivity contribution in [3.63, 3.8) is 0 Å². The highest BCUT2D eigenvalue weighted by molar-refractivity contribution is 6.04. The zero-order valence-electron chi connectivity index (χ0n) is 24.7. The van der Waals surface area contributed by atoms with Gasteiger partial charge in [0.15, 0.2) is 5.76 Å². The Hall–Kier alpha value is -5.66. The molecular weight excluding hydrogens is 568 g/mol. The second kappa shape index (κ2) is 12.7. The van der Waals surface area contributed by atoms with Gasteiger partial charge in [-0.05, 0) is 44.5 Å². The van der Waals surface area contributed by atoms with Crippen molar-refractivity contribution in [1.29, 1.82) is 0 Å². The van der Waals surface area contributed by atoms with E-state index in [-0.39, 0.29) is 23.4 Å². The minimum atomic E-state index is -0.628. The summed E-state index contributed by atoms with van der Waals surface area (Å²) in [7, 11) is 2.80. The number of carbonyl (C=O) groups is 3. The van der Waals surface area contributed by atoms with E-state index in [0.29, 0.717) is 71.1 Å². The monoisotopic (exact) mass is 600 g/mol. The maximum absolute atomic E-state index is 13.3. The maximum atomic E-state index is 13.3. The molecule has 0 radical (unpaired) electrons. The first kappa shape index (κ1) is 29.8. The summed E-state index contributed by atoms with van der Waals surface area (Å²) in [6.07, 6.45) is 2.09. The fourth-order valence-electron chi connectivity index (χ4n) is 4.87. The molecule has 0 atom stereocenters. The molecule has 0 aliphatic heterocycles. The Bertz CT molecular complexity index is 1850. The molecule has 5 rings (SSSR count). The molecule has 0 fully saturated rings. The van der Waals surface area contributed by atoms with Crippen molar-refractivity contribution in [2.24, 2.45) is 5.73 Å². The van der Waals surface area contributed by atoms with Crippen molar-refractivity contribution in [3.8, 4) is 17.1 Å². The van der Waals surface area contributed by atoms with Crippen LogP contribution in [-0.2, 0) is 17.8 Å². The number of hydrogen-bond acceptors (Lipinski definition) is 10. The number of anilines is 2. The van der Waals surface area contributed by atoms with Gasteiger partial charge in [-0.3, -0.25) is 19.6 Å². The molecule has 2 amide bonds. The maximum Gasteiger partial charge on any atom is 0.338 e. The Morgan fingerprint density at radius 3 is 2.64 bits per heavy atom. The van der Waals surface area contributed by atoms with Crippen molar-refractivity contribution in [2.75, 3.05) is 31.4 Å². The van der Waals surface area contributed by atoms with Crippen LogP contribution >= 0.6 is 0 Å². The Kier molecular flexibility index (Phi) is 8.60. The van der Waals surface area contributed by atoms with Gasteiger partial charge < -0.3 is 29.5 Å². The normalized spacial score (nSPS) is 11.0. The number of nitrogens with one attached hydrogen (secondary N) is 2. The summed E-state index contributed by atoms with van der Waals surface area (Å²) >= 11 is 0. The van der Waals surface area contributed by atoms with Crippen LogP contribution < -0.4 is 21.1 Å². The number of oxazole rings is 1. The van der Waals surface area contributed by atoms with Crippen LogP contribution in [0.25, 0.3) is 22.4 Å². The van der Waals surface area contributed by atoms with E-state index in [9.17, 15) is 14.4 Å². The number of hydrogen-bond donors (Lipinski definition) is 3. The van der Waals surface area contributed by atoms with Crippen LogP contribution in [0.3, 0.4) is 0 Å². The van der Waals surface area contributed by atoms with Gasteiger partial charge >= 0.3 is 5.97 Å². The van der Waals surface area contributed by atoms with E-state index in [2.05, 4.69) is 25.7 Å². The third-order valence-corrected chi connectivity index (χ3v) is 6.91. The zero-order chi connectivity index (χ0) is 31.4. The van der Waals surface area contributed by atoms with Crippen LogP contribution in [0.4, 0.5) is 12.0 Å². The predicted molar refractivity (Wildman–Crippen MR) is 162 cm³/mol. The number of ether oxygens (including phenoxy) is 2. The number of aromatic nitrogens is 5. The largest absolute Gasteiger partial charge is 0.494 e. The number of nitrogens with two attached hydrogens (primary N) is 1. The number of benzene rings is 2. The van der Waals surface area contributed by atoms with Gasteiger partial charge in [-0.1, -0.05) is 18.2 Å². The van der Waals surface area contributed by atoms with Gasteiger partial charge in [0.25, 0.3) is 11.9 Å². The molecule has 2 aromatic carbocycles. The molecule has 3 aromatic heterocycles. The molecule has 0 unspecified atom stereocenters. The van der Waals surface area contributed by atoms with Gasteiger partial charge in [-0.15, -0.1) is 0 Å². The third kappa shape index (κ3) is 5.95. The van der Waals surface area contributed by atoms with Gasteiger partial charge in [-0.25, -0.2) is 14.8 Å². The summed E-state index contributed by atoms with van der Waals surface area (Å²) in [6.45, 7) is 5.07. The number of imidazole rings is 1. The van der Waals surface area contributed by atoms with Gasteiger partial charge in [-0.2, -0.15) is 5.10 Å². The molecule has 0 bridgehead atoms. The molecule has 4 N–H and O–H groups in total. The minimum Gasteiger partial charge on any atom is -0.494 e. The van der Waals surface area contributed by atoms with Gasteiger partial charge in [0.1, 0.15) is 17.0 Å². The molecule has 228 valence electrons. The molecular formula is C30H32N8O6. The molecule has 0 spiro atoms. The summed E-state index contributed by atoms with van der Waals surface area (Å²) in [5, 5.41) is 10.4. The van der Waals surface area contributed by atoms with Crippen LogP contribution in [0.5, 0.6) is 5.75 Å². The molecule has 0 aliphatic carbocycles. The standard InChI is InChI=1S/C30H32N8O6/c1-5-38-22(13-17(2)36-38)27(40)35-29-34-21-14-18(26(31)39)15-23(42-3)25(21)37(29)12-8-11-32-30-33-16-24(44-30)19-9-6-7-10-20(19)28(41)43-4/h6-7,9-10,13-16H,5,8,11-12H2,1-4H3,(H2,31,39)(H,32,33)(H,34,35,40). The van der Waals surface area contributed by atoms with Crippen molar-refractivity contribution < 1.29 is 28.3 Å². The van der Waals surface area contributed by atoms with Gasteiger partial charge in [0, 0.05) is 30.8 Å². The lowest BCUT2D eigenvalue weighted by atomic mass is 10.1. The van der Waals surface area contributed by atoms with E-state index >= 15 is 0 Å². The number of fused-ring (bicyclic) bond motifs is 1. The van der Waals surface area contributed by atoms with Crippen LogP contribution in [0.1, 0.15) is 50.2 Å². The Labute approximate surface area is 252 Å². The second-order valence-electron chi connectivity index (χ2n) is 9.79. The highest BCUT2D eigenvalue weighted by Crippen LogP contribution is 2.31. The highest BCUT2D eigenvalue weighted by Gasteiger charge is 2.22. The van der Waals surface area contributed by atoms with E-state index in [1.54, 1.807) is 47.1 Å². The summed E-state index contributed by atoms with van der Waals surface area (Å²) in [5.74, 6) is -0.421. The van der Waals surface area contributed by atoms with Crippen molar-refractivity contribution in [3.05, 3.63) is 71.2 Å². The summed E-state index contributed by atoms with van der Waals surface area (Å²) in [5.41, 5.74) is 8.82. The summed E-state index contributed by atoms with van der Waals surface area (Å²) in [4.78, 5) is 46.3. The fourth-order valence-corrected chi connectivity index (χ4v) is 4.87. The average Bonchev–Trinajstić information content (AvgIpc) is 3.75. The van der Waals surface area contributed by atoms with Crippen molar-refractivity contribution in [2.45, 2.75) is 33.4 Å². The Morgan fingerprint density at radius 2 is 1.91 bits per heavy atom. The molecule has 0 saturated carbocycles. The predicted octanol–water partition coefficient (Wildman–Crippen LogP) is 3.86. The number of aryl methyl sites for hydroxylation is 3. The number of nitrogens with zero attached hydrogens (tertiary/aromatic N) is 5. The Morgan fingerprint density at radius 1 is 1.11 bits per heavy atom. The molecule has 44 heavy (non-hydrogen) atoms. The van der Waals surface area contributed by atoms with E-state index in [0.717, 1.165) is 0 Å².